The van der Waals surface area contributed by atoms with Crippen LogP contribution in [0.3, 0.4) is 0 Å². The van der Waals surface area contributed by atoms with Crippen molar-refractivity contribution in [2.75, 3.05) is 0 Å². The highest BCUT2D eigenvalue weighted by Crippen LogP contribution is 2.23. The van der Waals surface area contributed by atoms with Crippen LogP contribution >= 0.6 is 0 Å². The molecule has 0 spiro atoms. The van der Waals surface area contributed by atoms with E-state index in [2.05, 4.69) is 58.0 Å². The van der Waals surface area contributed by atoms with Crippen LogP contribution in [0.15, 0.2) is 30.3 Å². The standard InChI is InChI=1S/C16H26/c1-13(2)12-15(4)14(3)10-11-16-8-6-5-7-9-16/h5-9,13-15H,10-12H2,1-4H3. The van der Waals surface area contributed by atoms with Gasteiger partial charge in [0.25, 0.3) is 0 Å². The zero-order chi connectivity index (χ0) is 12.0. The summed E-state index contributed by atoms with van der Waals surface area (Å²) in [4.78, 5) is 0. The maximum Gasteiger partial charge on any atom is -0.0276 e. The van der Waals surface area contributed by atoms with Gasteiger partial charge in [-0.1, -0.05) is 58.0 Å². The molecule has 1 aromatic carbocycles. The fraction of sp³-hybridized carbons (Fsp3) is 0.625. The van der Waals surface area contributed by atoms with E-state index in [1.807, 2.05) is 0 Å². The second kappa shape index (κ2) is 6.73. The first-order valence-corrected chi connectivity index (χ1v) is 6.63. The molecule has 0 saturated carbocycles. The Morgan fingerprint density at radius 1 is 0.875 bits per heavy atom. The highest BCUT2D eigenvalue weighted by molar-refractivity contribution is 5.14. The first kappa shape index (κ1) is 13.3. The van der Waals surface area contributed by atoms with Crippen LogP contribution in [0.25, 0.3) is 0 Å². The molecule has 0 radical (unpaired) electrons. The van der Waals surface area contributed by atoms with E-state index in [0.29, 0.717) is 0 Å². The number of hydrogen-bond donors (Lipinski definition) is 0. The lowest BCUT2D eigenvalue weighted by molar-refractivity contribution is 0.309. The Morgan fingerprint density at radius 3 is 2.06 bits per heavy atom. The molecule has 0 nitrogen and oxygen atoms in total. The first-order chi connectivity index (χ1) is 7.59. The summed E-state index contributed by atoms with van der Waals surface area (Å²) in [5, 5.41) is 0. The number of benzene rings is 1. The topological polar surface area (TPSA) is 0 Å². The van der Waals surface area contributed by atoms with Crippen molar-refractivity contribution in [1.29, 1.82) is 0 Å². The summed E-state index contributed by atoms with van der Waals surface area (Å²) < 4.78 is 0. The Balaban J connectivity index is 2.32. The lowest BCUT2D eigenvalue weighted by atomic mass is 9.85. The molecule has 0 aliphatic carbocycles. The van der Waals surface area contributed by atoms with Gasteiger partial charge in [-0.3, -0.25) is 0 Å². The SMILES string of the molecule is CC(C)CC(C)C(C)CCc1ccccc1. The van der Waals surface area contributed by atoms with Crippen molar-refractivity contribution in [2.24, 2.45) is 17.8 Å². The zero-order valence-electron chi connectivity index (χ0n) is 11.2. The van der Waals surface area contributed by atoms with E-state index in [1.165, 1.54) is 24.8 Å². The largest absolute Gasteiger partial charge is 0.0628 e. The van der Waals surface area contributed by atoms with E-state index >= 15 is 0 Å². The predicted octanol–water partition coefficient (Wildman–Crippen LogP) is 4.94. The normalized spacial score (nSPS) is 15.1. The molecule has 1 aromatic rings. The Bertz CT molecular complexity index is 273. The second-order valence-corrected chi connectivity index (χ2v) is 5.61. The molecule has 0 saturated heterocycles. The summed E-state index contributed by atoms with van der Waals surface area (Å²) in [5.74, 6) is 2.51. The molecule has 0 amide bonds. The average molecular weight is 218 g/mol. The molecule has 90 valence electrons. The van der Waals surface area contributed by atoms with Crippen molar-refractivity contribution < 1.29 is 0 Å². The molecule has 0 aliphatic heterocycles. The van der Waals surface area contributed by atoms with Crippen LogP contribution in [-0.4, -0.2) is 0 Å². The maximum absolute atomic E-state index is 2.40. The van der Waals surface area contributed by atoms with E-state index < -0.39 is 0 Å². The molecule has 1 rings (SSSR count). The van der Waals surface area contributed by atoms with E-state index in [9.17, 15) is 0 Å². The molecule has 16 heavy (non-hydrogen) atoms. The summed E-state index contributed by atoms with van der Waals surface area (Å²) in [6.07, 6.45) is 3.90. The van der Waals surface area contributed by atoms with E-state index in [4.69, 9.17) is 0 Å². The predicted molar refractivity (Wildman–Crippen MR) is 72.5 cm³/mol. The minimum absolute atomic E-state index is 0.828. The van der Waals surface area contributed by atoms with Gasteiger partial charge in [-0.25, -0.2) is 0 Å². The van der Waals surface area contributed by atoms with Crippen LogP contribution in [0.1, 0.15) is 46.1 Å². The van der Waals surface area contributed by atoms with Crippen molar-refractivity contribution in [3.8, 4) is 0 Å². The molecular formula is C16H26. The van der Waals surface area contributed by atoms with Gasteiger partial charge in [-0.2, -0.15) is 0 Å². The smallest absolute Gasteiger partial charge is 0.0276 e. The van der Waals surface area contributed by atoms with Gasteiger partial charge in [0.05, 0.1) is 0 Å². The third-order valence-electron chi connectivity index (χ3n) is 3.55. The third kappa shape index (κ3) is 4.83. The van der Waals surface area contributed by atoms with Gasteiger partial charge in [0.2, 0.25) is 0 Å². The van der Waals surface area contributed by atoms with Crippen LogP contribution in [0.2, 0.25) is 0 Å². The minimum atomic E-state index is 0.828. The van der Waals surface area contributed by atoms with Crippen molar-refractivity contribution in [3.63, 3.8) is 0 Å². The Hall–Kier alpha value is -0.780. The van der Waals surface area contributed by atoms with Gasteiger partial charge in [0, 0.05) is 0 Å². The number of hydrogen-bond acceptors (Lipinski definition) is 0. The van der Waals surface area contributed by atoms with Crippen LogP contribution < -0.4 is 0 Å². The quantitative estimate of drug-likeness (QED) is 0.634. The van der Waals surface area contributed by atoms with Gasteiger partial charge in [-0.15, -0.1) is 0 Å². The molecule has 0 fully saturated rings. The number of rotatable bonds is 6. The molecule has 2 unspecified atom stereocenters. The number of aryl methyl sites for hydroxylation is 1. The van der Waals surface area contributed by atoms with Crippen molar-refractivity contribution in [2.45, 2.75) is 47.0 Å². The van der Waals surface area contributed by atoms with Crippen molar-refractivity contribution in [1.82, 2.24) is 0 Å². The summed E-state index contributed by atoms with van der Waals surface area (Å²) in [6, 6.07) is 10.8. The van der Waals surface area contributed by atoms with Crippen molar-refractivity contribution >= 4 is 0 Å². The maximum atomic E-state index is 2.40. The zero-order valence-corrected chi connectivity index (χ0v) is 11.2. The first-order valence-electron chi connectivity index (χ1n) is 6.63. The summed E-state index contributed by atoms with van der Waals surface area (Å²) in [7, 11) is 0. The minimum Gasteiger partial charge on any atom is -0.0628 e. The van der Waals surface area contributed by atoms with Crippen LogP contribution in [0.4, 0.5) is 0 Å². The van der Waals surface area contributed by atoms with E-state index in [1.54, 1.807) is 0 Å². The van der Waals surface area contributed by atoms with Gasteiger partial charge in [-0.05, 0) is 42.6 Å². The van der Waals surface area contributed by atoms with Gasteiger partial charge in [0.1, 0.15) is 0 Å². The van der Waals surface area contributed by atoms with Gasteiger partial charge in [0.15, 0.2) is 0 Å². The van der Waals surface area contributed by atoms with Gasteiger partial charge >= 0.3 is 0 Å². The Morgan fingerprint density at radius 2 is 1.50 bits per heavy atom. The third-order valence-corrected chi connectivity index (χ3v) is 3.55. The fourth-order valence-corrected chi connectivity index (χ4v) is 2.30. The second-order valence-electron chi connectivity index (χ2n) is 5.61. The summed E-state index contributed by atoms with van der Waals surface area (Å²) >= 11 is 0. The van der Waals surface area contributed by atoms with Crippen LogP contribution in [-0.2, 0) is 6.42 Å². The Kier molecular flexibility index (Phi) is 5.59. The van der Waals surface area contributed by atoms with Crippen molar-refractivity contribution in [3.05, 3.63) is 35.9 Å². The van der Waals surface area contributed by atoms with E-state index in [-0.39, 0.29) is 0 Å². The molecule has 2 atom stereocenters. The van der Waals surface area contributed by atoms with E-state index in [0.717, 1.165) is 17.8 Å². The molecular weight excluding hydrogens is 192 g/mol. The molecule has 0 aliphatic rings. The molecule has 0 heterocycles. The average Bonchev–Trinajstić information content (AvgIpc) is 2.26. The highest BCUT2D eigenvalue weighted by atomic mass is 14.2. The lowest BCUT2D eigenvalue weighted by Gasteiger charge is -2.21. The fourth-order valence-electron chi connectivity index (χ4n) is 2.30. The molecule has 0 N–H and O–H groups in total. The van der Waals surface area contributed by atoms with Gasteiger partial charge < -0.3 is 0 Å². The van der Waals surface area contributed by atoms with Crippen LogP contribution in [0.5, 0.6) is 0 Å². The lowest BCUT2D eigenvalue weighted by Crippen LogP contribution is -2.11. The molecule has 0 heteroatoms. The summed E-state index contributed by atoms with van der Waals surface area (Å²) in [6.45, 7) is 9.44. The highest BCUT2D eigenvalue weighted by Gasteiger charge is 2.13. The van der Waals surface area contributed by atoms with Crippen LogP contribution in [0, 0.1) is 17.8 Å². The monoisotopic (exact) mass is 218 g/mol. The Labute approximate surface area is 101 Å². The summed E-state index contributed by atoms with van der Waals surface area (Å²) in [5.41, 5.74) is 1.48. The molecule has 0 aromatic heterocycles. The molecule has 0 bridgehead atoms.